The Morgan fingerprint density at radius 2 is 1.93 bits per heavy atom. The van der Waals surface area contributed by atoms with Gasteiger partial charge in [-0.2, -0.15) is 12.6 Å². The molecule has 28 heavy (non-hydrogen) atoms. The van der Waals surface area contributed by atoms with E-state index in [0.29, 0.717) is 5.75 Å². The van der Waals surface area contributed by atoms with Crippen molar-refractivity contribution in [3.63, 3.8) is 0 Å². The number of aliphatic carboxylic acids is 1. The Morgan fingerprint density at radius 3 is 2.68 bits per heavy atom. The number of aromatic nitrogens is 1. The normalized spacial score (nSPS) is 17.4. The van der Waals surface area contributed by atoms with Crippen molar-refractivity contribution in [1.82, 2.24) is 10.3 Å². The van der Waals surface area contributed by atoms with Gasteiger partial charge in [-0.3, -0.25) is 4.79 Å². The molecule has 3 N–H and O–H groups in total. The quantitative estimate of drug-likeness (QED) is 0.465. The third-order valence-corrected chi connectivity index (χ3v) is 6.02. The maximum absolute atomic E-state index is 12.9. The summed E-state index contributed by atoms with van der Waals surface area (Å²) in [7, 11) is 0. The van der Waals surface area contributed by atoms with Crippen LogP contribution in [0.3, 0.4) is 0 Å². The molecule has 0 unspecified atom stereocenters. The molecule has 144 valence electrons. The highest BCUT2D eigenvalue weighted by Crippen LogP contribution is 2.40. The Labute approximate surface area is 168 Å². The van der Waals surface area contributed by atoms with Crippen LogP contribution in [0, 0.1) is 5.92 Å². The number of hydrogen-bond donors (Lipinski definition) is 4. The Hall–Kier alpha value is -2.73. The molecule has 6 heteroatoms. The van der Waals surface area contributed by atoms with Crippen LogP contribution in [0.15, 0.2) is 54.7 Å². The number of carbonyl (C=O) groups excluding carboxylic acids is 1. The summed E-state index contributed by atoms with van der Waals surface area (Å²) >= 11 is 4.37. The van der Waals surface area contributed by atoms with E-state index in [2.05, 4.69) is 29.0 Å². The number of H-pyrrole nitrogens is 1. The summed E-state index contributed by atoms with van der Waals surface area (Å²) in [5, 5.41) is 13.4. The van der Waals surface area contributed by atoms with E-state index in [0.717, 1.165) is 22.9 Å². The number of carbonyl (C=O) groups is 2. The number of nitrogens with one attached hydrogen (secondary N) is 2. The molecule has 0 aliphatic heterocycles. The summed E-state index contributed by atoms with van der Waals surface area (Å²) < 4.78 is 0. The highest BCUT2D eigenvalue weighted by atomic mass is 32.1. The molecule has 0 saturated heterocycles. The number of rotatable bonds is 7. The van der Waals surface area contributed by atoms with Crippen molar-refractivity contribution in [3.05, 3.63) is 71.4 Å². The van der Waals surface area contributed by atoms with Gasteiger partial charge in [0.15, 0.2) is 0 Å². The number of aromatic amines is 1. The summed E-state index contributed by atoms with van der Waals surface area (Å²) in [6.07, 6.45) is 2.87. The minimum atomic E-state index is -1.04. The van der Waals surface area contributed by atoms with Crippen LogP contribution >= 0.6 is 12.6 Å². The molecule has 1 aliphatic rings. The Bertz CT molecular complexity index is 1030. The first-order chi connectivity index (χ1) is 13.6. The predicted molar refractivity (Wildman–Crippen MR) is 112 cm³/mol. The van der Waals surface area contributed by atoms with Gasteiger partial charge >= 0.3 is 5.97 Å². The number of benzene rings is 2. The third-order valence-electron chi connectivity index (χ3n) is 5.63. The monoisotopic (exact) mass is 394 g/mol. The number of hydrogen-bond acceptors (Lipinski definition) is 3. The molecule has 3 atom stereocenters. The molecule has 1 heterocycles. The van der Waals surface area contributed by atoms with Crippen LogP contribution in [0.4, 0.5) is 0 Å². The van der Waals surface area contributed by atoms with Gasteiger partial charge in [-0.1, -0.05) is 42.5 Å². The molecule has 0 fully saturated rings. The van der Waals surface area contributed by atoms with Crippen LogP contribution in [-0.4, -0.2) is 33.8 Å². The van der Waals surface area contributed by atoms with Crippen molar-refractivity contribution >= 4 is 35.4 Å². The van der Waals surface area contributed by atoms with E-state index >= 15 is 0 Å². The zero-order valence-electron chi connectivity index (χ0n) is 15.3. The first-order valence-electron chi connectivity index (χ1n) is 9.35. The number of thiol groups is 1. The lowest BCUT2D eigenvalue weighted by Gasteiger charge is -2.35. The fourth-order valence-corrected chi connectivity index (χ4v) is 4.47. The second-order valence-electron chi connectivity index (χ2n) is 7.26. The largest absolute Gasteiger partial charge is 0.480 e. The summed E-state index contributed by atoms with van der Waals surface area (Å²) in [6, 6.07) is 14.8. The second-order valence-corrected chi connectivity index (χ2v) is 7.63. The van der Waals surface area contributed by atoms with Crippen molar-refractivity contribution in [2.24, 2.45) is 5.92 Å². The van der Waals surface area contributed by atoms with Gasteiger partial charge in [-0.05, 0) is 29.2 Å². The lowest BCUT2D eigenvalue weighted by atomic mass is 9.71. The van der Waals surface area contributed by atoms with Crippen molar-refractivity contribution in [3.8, 4) is 0 Å². The average molecular weight is 394 g/mol. The number of amides is 1. The van der Waals surface area contributed by atoms with Gasteiger partial charge in [-0.15, -0.1) is 0 Å². The van der Waals surface area contributed by atoms with Gasteiger partial charge < -0.3 is 15.4 Å². The van der Waals surface area contributed by atoms with E-state index in [1.165, 1.54) is 11.1 Å². The van der Waals surface area contributed by atoms with Crippen LogP contribution in [0.5, 0.6) is 0 Å². The first-order valence-corrected chi connectivity index (χ1v) is 9.98. The zero-order chi connectivity index (χ0) is 19.7. The van der Waals surface area contributed by atoms with Gasteiger partial charge in [0.1, 0.15) is 6.04 Å². The van der Waals surface area contributed by atoms with Gasteiger partial charge in [0.2, 0.25) is 5.91 Å². The van der Waals surface area contributed by atoms with Gasteiger partial charge in [0.25, 0.3) is 0 Å². The average Bonchev–Trinajstić information content (AvgIpc) is 3.08. The maximum Gasteiger partial charge on any atom is 0.326 e. The maximum atomic E-state index is 12.9. The lowest BCUT2D eigenvalue weighted by Crippen LogP contribution is -2.47. The van der Waals surface area contributed by atoms with Crippen molar-refractivity contribution in [2.45, 2.75) is 24.8 Å². The Morgan fingerprint density at radius 1 is 1.18 bits per heavy atom. The molecule has 4 rings (SSSR count). The van der Waals surface area contributed by atoms with Gasteiger partial charge in [-0.25, -0.2) is 4.79 Å². The van der Waals surface area contributed by atoms with Crippen molar-refractivity contribution in [1.29, 1.82) is 0 Å². The van der Waals surface area contributed by atoms with E-state index in [-0.39, 0.29) is 24.2 Å². The topological polar surface area (TPSA) is 82.2 Å². The van der Waals surface area contributed by atoms with Crippen LogP contribution in [-0.2, 0) is 22.4 Å². The van der Waals surface area contributed by atoms with E-state index < -0.39 is 12.0 Å². The molecular formula is C22H22N2O3S. The highest BCUT2D eigenvalue weighted by molar-refractivity contribution is 7.80. The molecule has 0 spiro atoms. The van der Waals surface area contributed by atoms with Crippen molar-refractivity contribution < 1.29 is 14.7 Å². The number of carboxylic acids is 1. The molecule has 3 aromatic rings. The minimum absolute atomic E-state index is 0.0937. The molecule has 0 saturated carbocycles. The second kappa shape index (κ2) is 7.72. The molecule has 1 aliphatic carbocycles. The molecule has 0 radical (unpaired) electrons. The number of carboxylic acid groups (broad SMARTS) is 1. The molecule has 1 amide bonds. The van der Waals surface area contributed by atoms with E-state index in [4.69, 9.17) is 0 Å². The minimum Gasteiger partial charge on any atom is -0.480 e. The Balaban J connectivity index is 1.50. The summed E-state index contributed by atoms with van der Waals surface area (Å²) in [4.78, 5) is 27.9. The molecule has 0 bridgehead atoms. The molecular weight excluding hydrogens is 372 g/mol. The van der Waals surface area contributed by atoms with Gasteiger partial charge in [0, 0.05) is 35.2 Å². The Kier molecular flexibility index (Phi) is 5.13. The summed E-state index contributed by atoms with van der Waals surface area (Å²) in [5.74, 6) is -1.16. The SMILES string of the molecule is O=C(O)[C@H](Cc1c[nH]c2ccccc12)NC(=O)[C@@H](CS)[C@H]1Cc2ccccc21. The zero-order valence-corrected chi connectivity index (χ0v) is 16.2. The predicted octanol–water partition coefficient (Wildman–Crippen LogP) is 3.17. The van der Waals surface area contributed by atoms with Crippen LogP contribution in [0.1, 0.15) is 22.6 Å². The summed E-state index contributed by atoms with van der Waals surface area (Å²) in [6.45, 7) is 0. The molecule has 1 aromatic heterocycles. The van der Waals surface area contributed by atoms with Crippen LogP contribution < -0.4 is 5.32 Å². The standard InChI is InChI=1S/C22H22N2O3S/c25-21(18(12-28)17-9-13-5-1-2-6-15(13)17)24-20(22(26)27)10-14-11-23-19-8-4-3-7-16(14)19/h1-8,11,17-18,20,23,28H,9-10,12H2,(H,24,25)(H,26,27)/t17-,18-,20-/m0/s1. The third kappa shape index (κ3) is 3.40. The van der Waals surface area contributed by atoms with E-state index in [1.807, 2.05) is 48.7 Å². The summed E-state index contributed by atoms with van der Waals surface area (Å²) in [5.41, 5.74) is 4.24. The fourth-order valence-electron chi connectivity index (χ4n) is 4.05. The van der Waals surface area contributed by atoms with Gasteiger partial charge in [0.05, 0.1) is 5.92 Å². The fraction of sp³-hybridized carbons (Fsp3) is 0.273. The van der Waals surface area contributed by atoms with E-state index in [1.54, 1.807) is 0 Å². The number of para-hydroxylation sites is 1. The van der Waals surface area contributed by atoms with Crippen LogP contribution in [0.25, 0.3) is 10.9 Å². The molecule has 5 nitrogen and oxygen atoms in total. The smallest absolute Gasteiger partial charge is 0.326 e. The number of fused-ring (bicyclic) bond motifs is 2. The van der Waals surface area contributed by atoms with E-state index in [9.17, 15) is 14.7 Å². The first kappa shape index (κ1) is 18.6. The van der Waals surface area contributed by atoms with Crippen LogP contribution in [0.2, 0.25) is 0 Å². The van der Waals surface area contributed by atoms with Crippen molar-refractivity contribution in [2.75, 3.05) is 5.75 Å². The molecule has 2 aromatic carbocycles. The highest BCUT2D eigenvalue weighted by Gasteiger charge is 2.37. The lowest BCUT2D eigenvalue weighted by molar-refractivity contribution is -0.142.